The third-order valence-electron chi connectivity index (χ3n) is 1.17. The van der Waals surface area contributed by atoms with Gasteiger partial charge in [0.1, 0.15) is 6.07 Å². The van der Waals surface area contributed by atoms with Crippen molar-refractivity contribution in [3.05, 3.63) is 18.0 Å². The van der Waals surface area contributed by atoms with Crippen LogP contribution in [0.2, 0.25) is 0 Å². The van der Waals surface area contributed by atoms with Crippen LogP contribution in [0.15, 0.2) is 12.3 Å². The second kappa shape index (κ2) is 3.52. The minimum atomic E-state index is -5.09. The standard InChI is InChI=1S/C5H3F3N4O2S/c6-5(7,8)11-15(13,14)12-2-1-4(3-9)10-12/h1-2,11H. The second-order valence-corrected chi connectivity index (χ2v) is 3.82. The van der Waals surface area contributed by atoms with Crippen LogP contribution in [-0.2, 0) is 10.2 Å². The summed E-state index contributed by atoms with van der Waals surface area (Å²) < 4.78 is 57.5. The Morgan fingerprint density at radius 1 is 1.53 bits per heavy atom. The quantitative estimate of drug-likeness (QED) is 0.734. The molecule has 1 heterocycles. The lowest BCUT2D eigenvalue weighted by atomic mass is 10.5. The first-order valence-electron chi connectivity index (χ1n) is 3.31. The minimum absolute atomic E-state index is 0.0268. The summed E-state index contributed by atoms with van der Waals surface area (Å²) in [5.74, 6) is 0. The van der Waals surface area contributed by atoms with Gasteiger partial charge >= 0.3 is 16.5 Å². The van der Waals surface area contributed by atoms with Crippen molar-refractivity contribution in [1.29, 1.82) is 5.26 Å². The van der Waals surface area contributed by atoms with Gasteiger partial charge in [-0.15, -0.1) is 9.82 Å². The highest BCUT2D eigenvalue weighted by molar-refractivity contribution is 7.87. The molecule has 0 aliphatic heterocycles. The van der Waals surface area contributed by atoms with Crippen LogP contribution >= 0.6 is 0 Å². The maximum atomic E-state index is 11.7. The molecule has 82 valence electrons. The molecule has 0 saturated carbocycles. The van der Waals surface area contributed by atoms with Crippen LogP contribution in [0.1, 0.15) is 5.69 Å². The Kier molecular flexibility index (Phi) is 2.69. The van der Waals surface area contributed by atoms with Gasteiger partial charge in [-0.05, 0) is 6.07 Å². The molecule has 1 rings (SSSR count). The summed E-state index contributed by atoms with van der Waals surface area (Å²) in [5.41, 5.74) is -0.303. The first kappa shape index (κ1) is 11.5. The molecule has 0 atom stereocenters. The molecular formula is C5H3F3N4O2S. The number of nitriles is 1. The van der Waals surface area contributed by atoms with Gasteiger partial charge in [-0.25, -0.2) is 0 Å². The highest BCUT2D eigenvalue weighted by atomic mass is 32.2. The Bertz CT molecular complexity index is 497. The third-order valence-corrected chi connectivity index (χ3v) is 2.36. The first-order chi connectivity index (χ1) is 6.74. The van der Waals surface area contributed by atoms with Gasteiger partial charge in [-0.3, -0.25) is 0 Å². The van der Waals surface area contributed by atoms with Crippen molar-refractivity contribution in [3.8, 4) is 6.07 Å². The van der Waals surface area contributed by atoms with Crippen LogP contribution < -0.4 is 4.72 Å². The molecule has 10 heteroatoms. The van der Waals surface area contributed by atoms with E-state index >= 15 is 0 Å². The summed E-state index contributed by atoms with van der Waals surface area (Å²) in [6.07, 6.45) is -4.36. The second-order valence-electron chi connectivity index (χ2n) is 2.29. The van der Waals surface area contributed by atoms with Crippen molar-refractivity contribution in [2.45, 2.75) is 6.30 Å². The van der Waals surface area contributed by atoms with E-state index in [4.69, 9.17) is 5.26 Å². The van der Waals surface area contributed by atoms with Crippen molar-refractivity contribution < 1.29 is 21.6 Å². The van der Waals surface area contributed by atoms with Crippen molar-refractivity contribution in [1.82, 2.24) is 13.9 Å². The molecule has 0 amide bonds. The molecule has 1 N–H and O–H groups in total. The fourth-order valence-corrected chi connectivity index (χ4v) is 1.50. The molecule has 15 heavy (non-hydrogen) atoms. The van der Waals surface area contributed by atoms with Gasteiger partial charge in [0.05, 0.1) is 0 Å². The largest absolute Gasteiger partial charge is 0.472 e. The van der Waals surface area contributed by atoms with Crippen molar-refractivity contribution in [2.75, 3.05) is 0 Å². The predicted octanol–water partition coefficient (Wildman–Crippen LogP) is -0.0429. The lowest BCUT2D eigenvalue weighted by molar-refractivity contribution is -0.138. The topological polar surface area (TPSA) is 87.8 Å². The van der Waals surface area contributed by atoms with Crippen LogP contribution in [0.5, 0.6) is 0 Å². The maximum Gasteiger partial charge on any atom is 0.472 e. The lowest BCUT2D eigenvalue weighted by Crippen LogP contribution is -2.40. The number of aromatic nitrogens is 2. The molecule has 1 aromatic rings. The monoisotopic (exact) mass is 240 g/mol. The number of hydrogen-bond donors (Lipinski definition) is 1. The highest BCUT2D eigenvalue weighted by Gasteiger charge is 2.35. The Hall–Kier alpha value is -1.60. The SMILES string of the molecule is N#Cc1ccn(S(=O)(=O)NC(F)(F)F)n1. The van der Waals surface area contributed by atoms with E-state index in [0.717, 1.165) is 12.3 Å². The van der Waals surface area contributed by atoms with Crippen molar-refractivity contribution >= 4 is 10.2 Å². The molecule has 6 nitrogen and oxygen atoms in total. The molecule has 1 aromatic heterocycles. The first-order valence-corrected chi connectivity index (χ1v) is 4.75. The van der Waals surface area contributed by atoms with E-state index in [9.17, 15) is 21.6 Å². The lowest BCUT2D eigenvalue weighted by Gasteiger charge is -2.08. The molecule has 0 saturated heterocycles. The number of nitrogens with zero attached hydrogens (tertiary/aromatic N) is 3. The van der Waals surface area contributed by atoms with E-state index < -0.39 is 16.5 Å². The molecule has 0 fully saturated rings. The number of halogens is 3. The van der Waals surface area contributed by atoms with E-state index in [-0.39, 0.29) is 9.78 Å². The van der Waals surface area contributed by atoms with Crippen LogP contribution in [0, 0.1) is 11.3 Å². The van der Waals surface area contributed by atoms with E-state index in [1.54, 1.807) is 0 Å². The van der Waals surface area contributed by atoms with Gasteiger partial charge in [0, 0.05) is 6.20 Å². The number of rotatable bonds is 2. The zero-order valence-electron chi connectivity index (χ0n) is 6.85. The van der Waals surface area contributed by atoms with E-state index in [2.05, 4.69) is 5.10 Å². The van der Waals surface area contributed by atoms with Gasteiger partial charge < -0.3 is 0 Å². The van der Waals surface area contributed by atoms with Crippen molar-refractivity contribution in [3.63, 3.8) is 0 Å². The molecule has 0 unspecified atom stereocenters. The minimum Gasteiger partial charge on any atom is -0.191 e. The summed E-state index contributed by atoms with van der Waals surface area (Å²) in [6, 6.07) is 2.44. The Morgan fingerprint density at radius 3 is 2.53 bits per heavy atom. The normalized spacial score (nSPS) is 12.4. The average Bonchev–Trinajstić information content (AvgIpc) is 2.47. The van der Waals surface area contributed by atoms with Gasteiger partial charge in [0.15, 0.2) is 5.69 Å². The smallest absolute Gasteiger partial charge is 0.191 e. The van der Waals surface area contributed by atoms with Crippen LogP contribution in [0.4, 0.5) is 13.2 Å². The average molecular weight is 240 g/mol. The maximum absolute atomic E-state index is 11.7. The van der Waals surface area contributed by atoms with Crippen molar-refractivity contribution in [2.24, 2.45) is 0 Å². The molecule has 0 aliphatic carbocycles. The third kappa shape index (κ3) is 2.93. The van der Waals surface area contributed by atoms with Crippen LogP contribution in [0.25, 0.3) is 0 Å². The Labute approximate surface area is 82.1 Å². The summed E-state index contributed by atoms with van der Waals surface area (Å²) >= 11 is 0. The Morgan fingerprint density at radius 2 is 2.13 bits per heavy atom. The van der Waals surface area contributed by atoms with Gasteiger partial charge in [0.2, 0.25) is 0 Å². The fourth-order valence-electron chi connectivity index (χ4n) is 0.694. The molecular weight excluding hydrogens is 237 g/mol. The molecule has 0 aromatic carbocycles. The molecule has 0 aliphatic rings. The number of hydrogen-bond acceptors (Lipinski definition) is 4. The van der Waals surface area contributed by atoms with Crippen LogP contribution in [0.3, 0.4) is 0 Å². The highest BCUT2D eigenvalue weighted by Crippen LogP contribution is 2.12. The van der Waals surface area contributed by atoms with E-state index in [1.807, 2.05) is 0 Å². The molecule has 0 spiro atoms. The van der Waals surface area contributed by atoms with E-state index in [1.165, 1.54) is 6.07 Å². The predicted molar refractivity (Wildman–Crippen MR) is 40.5 cm³/mol. The zero-order valence-corrected chi connectivity index (χ0v) is 7.67. The zero-order chi connectivity index (χ0) is 11.7. The summed E-state index contributed by atoms with van der Waals surface area (Å²) in [4.78, 5) is 0. The number of alkyl halides is 3. The summed E-state index contributed by atoms with van der Waals surface area (Å²) in [5, 5.41) is 11.4. The van der Waals surface area contributed by atoms with Crippen LogP contribution in [-0.4, -0.2) is 23.9 Å². The van der Waals surface area contributed by atoms with Gasteiger partial charge in [-0.1, -0.05) is 0 Å². The molecule has 0 bridgehead atoms. The number of nitrogens with one attached hydrogen (secondary N) is 1. The Balaban J connectivity index is 3.03. The van der Waals surface area contributed by atoms with Gasteiger partial charge in [-0.2, -0.15) is 30.9 Å². The van der Waals surface area contributed by atoms with E-state index in [0.29, 0.717) is 4.72 Å². The summed E-state index contributed by atoms with van der Waals surface area (Å²) in [7, 11) is -4.83. The van der Waals surface area contributed by atoms with Gasteiger partial charge in [0.25, 0.3) is 0 Å². The molecule has 0 radical (unpaired) electrons. The summed E-state index contributed by atoms with van der Waals surface area (Å²) in [6.45, 7) is 0. The fraction of sp³-hybridized carbons (Fsp3) is 0.200.